The average molecular weight is 297 g/mol. The summed E-state index contributed by atoms with van der Waals surface area (Å²) in [6.45, 7) is 0. The molecule has 0 saturated carbocycles. The first-order valence-corrected chi connectivity index (χ1v) is 5.78. The minimum atomic E-state index is -4.76. The zero-order valence-corrected chi connectivity index (χ0v) is 10.8. The van der Waals surface area contributed by atoms with Gasteiger partial charge in [-0.2, -0.15) is 0 Å². The van der Waals surface area contributed by atoms with Crippen molar-refractivity contribution in [3.8, 4) is 22.8 Å². The second-order valence-corrected chi connectivity index (χ2v) is 4.02. The molecule has 21 heavy (non-hydrogen) atoms. The van der Waals surface area contributed by atoms with Gasteiger partial charge in [-0.25, -0.2) is 4.98 Å². The largest absolute Gasteiger partial charge is 0.573 e. The van der Waals surface area contributed by atoms with Gasteiger partial charge in [-0.1, -0.05) is 12.1 Å². The van der Waals surface area contributed by atoms with Crippen LogP contribution >= 0.6 is 0 Å². The summed E-state index contributed by atoms with van der Waals surface area (Å²) in [7, 11) is 1.37. The molecule has 1 heterocycles. The first kappa shape index (κ1) is 14.8. The fraction of sp³-hybridized carbons (Fsp3) is 0.143. The summed E-state index contributed by atoms with van der Waals surface area (Å²) in [4.78, 5) is 14.9. The monoisotopic (exact) mass is 297 g/mol. The highest BCUT2D eigenvalue weighted by atomic mass is 19.4. The van der Waals surface area contributed by atoms with Crippen LogP contribution in [-0.4, -0.2) is 24.7 Å². The molecule has 2 rings (SSSR count). The van der Waals surface area contributed by atoms with Gasteiger partial charge in [0.25, 0.3) is 0 Å². The molecule has 0 radical (unpaired) electrons. The summed E-state index contributed by atoms with van der Waals surface area (Å²) in [6.07, 6.45) is -2.80. The summed E-state index contributed by atoms with van der Waals surface area (Å²) in [5.41, 5.74) is 1.12. The van der Waals surface area contributed by atoms with Gasteiger partial charge in [0.2, 0.25) is 5.88 Å². The third-order valence-electron chi connectivity index (χ3n) is 2.60. The molecule has 0 amide bonds. The number of benzene rings is 1. The Kier molecular flexibility index (Phi) is 4.11. The van der Waals surface area contributed by atoms with Crippen molar-refractivity contribution in [1.82, 2.24) is 4.98 Å². The number of aromatic nitrogens is 1. The number of rotatable bonds is 4. The van der Waals surface area contributed by atoms with Crippen LogP contribution in [0.15, 0.2) is 36.5 Å². The van der Waals surface area contributed by atoms with Gasteiger partial charge in [0, 0.05) is 11.8 Å². The number of hydrogen-bond donors (Lipinski definition) is 0. The van der Waals surface area contributed by atoms with Crippen molar-refractivity contribution in [2.24, 2.45) is 0 Å². The number of hydrogen-bond acceptors (Lipinski definition) is 4. The van der Waals surface area contributed by atoms with Gasteiger partial charge in [-0.05, 0) is 23.8 Å². The van der Waals surface area contributed by atoms with Crippen molar-refractivity contribution in [3.63, 3.8) is 0 Å². The highest BCUT2D eigenvalue weighted by molar-refractivity contribution is 5.81. The van der Waals surface area contributed by atoms with Gasteiger partial charge < -0.3 is 9.47 Å². The highest BCUT2D eigenvalue weighted by Crippen LogP contribution is 2.29. The molecule has 0 bridgehead atoms. The molecular formula is C14H10F3NO3. The Labute approximate surface area is 118 Å². The maximum atomic E-state index is 12.2. The Morgan fingerprint density at radius 1 is 1.19 bits per heavy atom. The molecule has 1 aromatic carbocycles. The second-order valence-electron chi connectivity index (χ2n) is 4.02. The zero-order valence-electron chi connectivity index (χ0n) is 10.8. The van der Waals surface area contributed by atoms with Crippen LogP contribution in [0.2, 0.25) is 0 Å². The summed E-state index contributed by atoms with van der Waals surface area (Å²) < 4.78 is 45.3. The van der Waals surface area contributed by atoms with E-state index in [0.717, 1.165) is 0 Å². The van der Waals surface area contributed by atoms with E-state index >= 15 is 0 Å². The topological polar surface area (TPSA) is 48.4 Å². The number of aldehydes is 1. The van der Waals surface area contributed by atoms with Crippen molar-refractivity contribution < 1.29 is 27.4 Å². The summed E-state index contributed by atoms with van der Waals surface area (Å²) in [5.74, 6) is -0.195. The Morgan fingerprint density at radius 2 is 1.95 bits per heavy atom. The molecule has 0 saturated heterocycles. The van der Waals surface area contributed by atoms with Crippen LogP contribution in [0.4, 0.5) is 13.2 Å². The van der Waals surface area contributed by atoms with Crippen molar-refractivity contribution in [2.45, 2.75) is 6.36 Å². The maximum absolute atomic E-state index is 12.2. The molecule has 0 atom stereocenters. The summed E-state index contributed by atoms with van der Waals surface area (Å²) in [6, 6.07) is 6.88. The molecule has 110 valence electrons. The Bertz CT molecular complexity index is 656. The number of carbonyl (C=O) groups excluding carboxylic acids is 1. The van der Waals surface area contributed by atoms with Gasteiger partial charge in [0.1, 0.15) is 5.75 Å². The SMILES string of the molecule is COc1ncc(-c2cccc(OC(F)(F)F)c2)cc1C=O. The third kappa shape index (κ3) is 3.71. The molecule has 4 nitrogen and oxygen atoms in total. The normalized spacial score (nSPS) is 11.0. The number of alkyl halides is 3. The van der Waals surface area contributed by atoms with Crippen LogP contribution in [0.3, 0.4) is 0 Å². The van der Waals surface area contributed by atoms with E-state index < -0.39 is 6.36 Å². The van der Waals surface area contributed by atoms with Crippen molar-refractivity contribution in [3.05, 3.63) is 42.1 Å². The van der Waals surface area contributed by atoms with E-state index in [1.165, 1.54) is 37.6 Å². The fourth-order valence-electron chi connectivity index (χ4n) is 1.75. The zero-order chi connectivity index (χ0) is 15.5. The number of pyridine rings is 1. The summed E-state index contributed by atoms with van der Waals surface area (Å²) in [5, 5.41) is 0. The van der Waals surface area contributed by atoms with E-state index in [0.29, 0.717) is 17.4 Å². The van der Waals surface area contributed by atoms with Crippen LogP contribution in [-0.2, 0) is 0 Å². The van der Waals surface area contributed by atoms with Crippen LogP contribution in [0, 0.1) is 0 Å². The number of ether oxygens (including phenoxy) is 2. The molecule has 2 aromatic rings. The van der Waals surface area contributed by atoms with E-state index in [4.69, 9.17) is 4.74 Å². The van der Waals surface area contributed by atoms with Gasteiger partial charge in [-0.15, -0.1) is 13.2 Å². The van der Waals surface area contributed by atoms with Gasteiger partial charge >= 0.3 is 6.36 Å². The lowest BCUT2D eigenvalue weighted by Crippen LogP contribution is -2.17. The minimum absolute atomic E-state index is 0.149. The summed E-state index contributed by atoms with van der Waals surface area (Å²) >= 11 is 0. The molecule has 0 spiro atoms. The Morgan fingerprint density at radius 3 is 2.57 bits per heavy atom. The molecule has 0 aliphatic heterocycles. The lowest BCUT2D eigenvalue weighted by atomic mass is 10.1. The van der Waals surface area contributed by atoms with Crippen molar-refractivity contribution in [2.75, 3.05) is 7.11 Å². The van der Waals surface area contributed by atoms with E-state index in [1.807, 2.05) is 0 Å². The lowest BCUT2D eigenvalue weighted by Gasteiger charge is -2.10. The fourth-order valence-corrected chi connectivity index (χ4v) is 1.75. The average Bonchev–Trinajstić information content (AvgIpc) is 2.45. The number of carbonyl (C=O) groups is 1. The third-order valence-corrected chi connectivity index (χ3v) is 2.60. The maximum Gasteiger partial charge on any atom is 0.573 e. The lowest BCUT2D eigenvalue weighted by molar-refractivity contribution is -0.274. The van der Waals surface area contributed by atoms with Crippen LogP contribution in [0.25, 0.3) is 11.1 Å². The Balaban J connectivity index is 2.38. The van der Waals surface area contributed by atoms with Gasteiger partial charge in [0.15, 0.2) is 6.29 Å². The number of nitrogens with zero attached hydrogens (tertiary/aromatic N) is 1. The molecule has 7 heteroatoms. The number of halogens is 3. The minimum Gasteiger partial charge on any atom is -0.480 e. The molecule has 1 aromatic heterocycles. The van der Waals surface area contributed by atoms with E-state index in [9.17, 15) is 18.0 Å². The quantitative estimate of drug-likeness (QED) is 0.811. The standard InChI is InChI=1S/C14H10F3NO3/c1-20-13-11(8-19)5-10(7-18-13)9-3-2-4-12(6-9)21-14(15,16)17/h2-8H,1H3. The van der Waals surface area contributed by atoms with E-state index in [1.54, 1.807) is 6.07 Å². The van der Waals surface area contributed by atoms with E-state index in [2.05, 4.69) is 9.72 Å². The van der Waals surface area contributed by atoms with Gasteiger partial charge in [0.05, 0.1) is 12.7 Å². The predicted octanol–water partition coefficient (Wildman–Crippen LogP) is 3.47. The molecule has 0 fully saturated rings. The highest BCUT2D eigenvalue weighted by Gasteiger charge is 2.31. The smallest absolute Gasteiger partial charge is 0.480 e. The second kappa shape index (κ2) is 5.82. The van der Waals surface area contributed by atoms with Crippen LogP contribution in [0.5, 0.6) is 11.6 Å². The van der Waals surface area contributed by atoms with E-state index in [-0.39, 0.29) is 17.2 Å². The molecule has 0 aliphatic carbocycles. The first-order chi connectivity index (χ1) is 9.93. The first-order valence-electron chi connectivity index (χ1n) is 5.78. The predicted molar refractivity (Wildman–Crippen MR) is 68.3 cm³/mol. The van der Waals surface area contributed by atoms with Crippen molar-refractivity contribution in [1.29, 1.82) is 0 Å². The van der Waals surface area contributed by atoms with Crippen molar-refractivity contribution >= 4 is 6.29 Å². The molecular weight excluding hydrogens is 287 g/mol. The van der Waals surface area contributed by atoms with Crippen LogP contribution < -0.4 is 9.47 Å². The Hall–Kier alpha value is -2.57. The number of methoxy groups -OCH3 is 1. The molecule has 0 N–H and O–H groups in total. The van der Waals surface area contributed by atoms with Gasteiger partial charge in [-0.3, -0.25) is 4.79 Å². The molecule has 0 aliphatic rings. The van der Waals surface area contributed by atoms with Crippen LogP contribution in [0.1, 0.15) is 10.4 Å². The molecule has 0 unspecified atom stereocenters.